The summed E-state index contributed by atoms with van der Waals surface area (Å²) in [5.41, 5.74) is 6.69. The van der Waals surface area contributed by atoms with Crippen molar-refractivity contribution < 1.29 is 9.47 Å². The summed E-state index contributed by atoms with van der Waals surface area (Å²) in [6.45, 7) is 0.600. The molecule has 0 fully saturated rings. The van der Waals surface area contributed by atoms with E-state index in [9.17, 15) is 4.79 Å². The maximum atomic E-state index is 11.5. The Hall–Kier alpha value is -2.34. The second-order valence-electron chi connectivity index (χ2n) is 4.27. The lowest BCUT2D eigenvalue weighted by Gasteiger charge is -2.13. The molecular formula is C13H13N3O3. The summed E-state index contributed by atoms with van der Waals surface area (Å²) >= 11 is 0. The third-order valence-corrected chi connectivity index (χ3v) is 3.00. The molecule has 1 unspecified atom stereocenters. The minimum atomic E-state index is -0.309. The standard InChI is InChI=1S/C13H13N3O3/c14-10(7-16-5-1-4-15-13(16)17)9-2-3-11-12(6-9)19-8-18-11/h1-6,10H,7-8,14H2. The van der Waals surface area contributed by atoms with Gasteiger partial charge in [-0.3, -0.25) is 4.57 Å². The van der Waals surface area contributed by atoms with Crippen LogP contribution in [0.15, 0.2) is 41.5 Å². The molecule has 1 atom stereocenters. The Morgan fingerprint density at radius 1 is 1.37 bits per heavy atom. The average Bonchev–Trinajstić information content (AvgIpc) is 2.88. The Morgan fingerprint density at radius 3 is 3.05 bits per heavy atom. The Kier molecular flexibility index (Phi) is 2.92. The molecular weight excluding hydrogens is 246 g/mol. The van der Waals surface area contributed by atoms with Crippen LogP contribution < -0.4 is 20.9 Å². The van der Waals surface area contributed by atoms with Crippen LogP contribution in [0, 0.1) is 0 Å². The fraction of sp³-hybridized carbons (Fsp3) is 0.231. The van der Waals surface area contributed by atoms with Crippen LogP contribution in [-0.2, 0) is 6.54 Å². The lowest BCUT2D eigenvalue weighted by Crippen LogP contribution is -2.27. The van der Waals surface area contributed by atoms with Gasteiger partial charge in [-0.25, -0.2) is 9.78 Å². The van der Waals surface area contributed by atoms with Crippen molar-refractivity contribution in [1.29, 1.82) is 0 Å². The number of ether oxygens (including phenoxy) is 2. The van der Waals surface area contributed by atoms with Crippen LogP contribution in [0.5, 0.6) is 11.5 Å². The quantitative estimate of drug-likeness (QED) is 0.876. The lowest BCUT2D eigenvalue weighted by molar-refractivity contribution is 0.174. The zero-order valence-electron chi connectivity index (χ0n) is 10.2. The van der Waals surface area contributed by atoms with E-state index < -0.39 is 0 Å². The molecule has 6 nitrogen and oxygen atoms in total. The number of fused-ring (bicyclic) bond motifs is 1. The molecule has 2 aromatic rings. The normalized spacial score (nSPS) is 14.4. The molecule has 0 bridgehead atoms. The van der Waals surface area contributed by atoms with Gasteiger partial charge in [-0.05, 0) is 23.8 Å². The molecule has 0 saturated carbocycles. The summed E-state index contributed by atoms with van der Waals surface area (Å²) in [5.74, 6) is 1.40. The molecule has 1 aliphatic rings. The monoisotopic (exact) mass is 259 g/mol. The van der Waals surface area contributed by atoms with E-state index in [0.717, 1.165) is 11.3 Å². The first-order chi connectivity index (χ1) is 9.24. The van der Waals surface area contributed by atoms with Crippen molar-refractivity contribution >= 4 is 0 Å². The second-order valence-corrected chi connectivity index (χ2v) is 4.27. The fourth-order valence-electron chi connectivity index (χ4n) is 1.99. The molecule has 0 saturated heterocycles. The first kappa shape index (κ1) is 11.7. The molecule has 1 aromatic heterocycles. The van der Waals surface area contributed by atoms with Crippen LogP contribution in [0.1, 0.15) is 11.6 Å². The first-order valence-electron chi connectivity index (χ1n) is 5.90. The van der Waals surface area contributed by atoms with Crippen molar-refractivity contribution in [2.45, 2.75) is 12.6 Å². The number of nitrogens with two attached hydrogens (primary N) is 1. The number of rotatable bonds is 3. The SMILES string of the molecule is NC(Cn1cccnc1=O)c1ccc2c(c1)OCO2. The fourth-order valence-corrected chi connectivity index (χ4v) is 1.99. The highest BCUT2D eigenvalue weighted by Crippen LogP contribution is 2.33. The minimum Gasteiger partial charge on any atom is -0.454 e. The zero-order valence-corrected chi connectivity index (χ0v) is 10.2. The summed E-state index contributed by atoms with van der Waals surface area (Å²) in [6, 6.07) is 6.93. The molecule has 0 radical (unpaired) electrons. The maximum Gasteiger partial charge on any atom is 0.347 e. The van der Waals surface area contributed by atoms with Crippen molar-refractivity contribution in [1.82, 2.24) is 9.55 Å². The zero-order chi connectivity index (χ0) is 13.2. The Morgan fingerprint density at radius 2 is 2.21 bits per heavy atom. The summed E-state index contributed by atoms with van der Waals surface area (Å²) in [6.07, 6.45) is 3.13. The van der Waals surface area contributed by atoms with Crippen LogP contribution in [0.2, 0.25) is 0 Å². The third-order valence-electron chi connectivity index (χ3n) is 3.00. The van der Waals surface area contributed by atoms with Gasteiger partial charge in [0.15, 0.2) is 11.5 Å². The number of hydrogen-bond acceptors (Lipinski definition) is 5. The molecule has 0 aliphatic carbocycles. The summed E-state index contributed by atoms with van der Waals surface area (Å²) in [4.78, 5) is 15.2. The minimum absolute atomic E-state index is 0.232. The van der Waals surface area contributed by atoms with Gasteiger partial charge in [0.2, 0.25) is 6.79 Å². The molecule has 1 aliphatic heterocycles. The molecule has 1 aromatic carbocycles. The van der Waals surface area contributed by atoms with Gasteiger partial charge in [-0.1, -0.05) is 6.07 Å². The second kappa shape index (κ2) is 4.74. The van der Waals surface area contributed by atoms with Gasteiger partial charge < -0.3 is 15.2 Å². The van der Waals surface area contributed by atoms with Crippen LogP contribution in [0.4, 0.5) is 0 Å². The predicted octanol–water partition coefficient (Wildman–Crippen LogP) is 0.672. The molecule has 0 amide bonds. The van der Waals surface area contributed by atoms with Gasteiger partial charge in [0.1, 0.15) is 0 Å². The van der Waals surface area contributed by atoms with E-state index in [4.69, 9.17) is 15.2 Å². The van der Waals surface area contributed by atoms with Crippen LogP contribution in [0.3, 0.4) is 0 Å². The van der Waals surface area contributed by atoms with E-state index in [1.807, 2.05) is 18.2 Å². The van der Waals surface area contributed by atoms with Gasteiger partial charge in [-0.2, -0.15) is 0 Å². The highest BCUT2D eigenvalue weighted by atomic mass is 16.7. The lowest BCUT2D eigenvalue weighted by atomic mass is 10.1. The summed E-state index contributed by atoms with van der Waals surface area (Å²) in [5, 5.41) is 0. The summed E-state index contributed by atoms with van der Waals surface area (Å²) in [7, 11) is 0. The van der Waals surface area contributed by atoms with E-state index in [2.05, 4.69) is 4.98 Å². The molecule has 0 spiro atoms. The van der Waals surface area contributed by atoms with Crippen molar-refractivity contribution in [3.63, 3.8) is 0 Å². The van der Waals surface area contributed by atoms with Crippen LogP contribution in [0.25, 0.3) is 0 Å². The van der Waals surface area contributed by atoms with Crippen molar-refractivity contribution in [2.24, 2.45) is 5.73 Å². The highest BCUT2D eigenvalue weighted by molar-refractivity contribution is 5.45. The Labute approximate surface area is 109 Å². The van der Waals surface area contributed by atoms with E-state index >= 15 is 0 Å². The largest absolute Gasteiger partial charge is 0.454 e. The van der Waals surface area contributed by atoms with Crippen molar-refractivity contribution in [3.05, 3.63) is 52.7 Å². The first-order valence-corrected chi connectivity index (χ1v) is 5.90. The topological polar surface area (TPSA) is 79.4 Å². The van der Waals surface area contributed by atoms with Gasteiger partial charge in [-0.15, -0.1) is 0 Å². The maximum absolute atomic E-state index is 11.5. The van der Waals surface area contributed by atoms with E-state index in [1.54, 1.807) is 12.3 Å². The van der Waals surface area contributed by atoms with Gasteiger partial charge >= 0.3 is 5.69 Å². The van der Waals surface area contributed by atoms with Gasteiger partial charge in [0.25, 0.3) is 0 Å². The molecule has 2 N–H and O–H groups in total. The Balaban J connectivity index is 1.83. The van der Waals surface area contributed by atoms with Gasteiger partial charge in [0, 0.05) is 25.0 Å². The molecule has 3 rings (SSSR count). The number of nitrogens with zero attached hydrogens (tertiary/aromatic N) is 2. The van der Waals surface area contributed by atoms with E-state index in [1.165, 1.54) is 10.8 Å². The number of hydrogen-bond donors (Lipinski definition) is 1. The highest BCUT2D eigenvalue weighted by Gasteiger charge is 2.16. The van der Waals surface area contributed by atoms with E-state index in [-0.39, 0.29) is 18.5 Å². The van der Waals surface area contributed by atoms with Gasteiger partial charge in [0.05, 0.1) is 0 Å². The smallest absolute Gasteiger partial charge is 0.347 e. The predicted molar refractivity (Wildman–Crippen MR) is 68.0 cm³/mol. The Bertz CT molecular complexity index is 654. The van der Waals surface area contributed by atoms with E-state index in [0.29, 0.717) is 12.3 Å². The van der Waals surface area contributed by atoms with Crippen molar-refractivity contribution in [2.75, 3.05) is 6.79 Å². The number of benzene rings is 1. The average molecular weight is 259 g/mol. The number of aromatic nitrogens is 2. The van der Waals surface area contributed by atoms with Crippen LogP contribution >= 0.6 is 0 Å². The third kappa shape index (κ3) is 2.30. The molecule has 2 heterocycles. The molecule has 98 valence electrons. The molecule has 19 heavy (non-hydrogen) atoms. The van der Waals surface area contributed by atoms with Crippen LogP contribution in [-0.4, -0.2) is 16.3 Å². The molecule has 6 heteroatoms. The summed E-state index contributed by atoms with van der Waals surface area (Å²) < 4.78 is 12.0. The van der Waals surface area contributed by atoms with Crippen molar-refractivity contribution in [3.8, 4) is 11.5 Å².